The standard InChI is InChI=1S/C21H25N3O6/c1-2-29-17-4-6-18(7-5-17)30-12-9-22-21(25)19-15-16(24(26)27)3-8-20(19)23-10-13-28-14-11-23/h3-8,15H,2,9-14H2,1H3,(H,22,25). The number of carbonyl (C=O) groups excluding carboxylic acids is 1. The topological polar surface area (TPSA) is 103 Å². The lowest BCUT2D eigenvalue weighted by Gasteiger charge is -2.30. The van der Waals surface area contributed by atoms with E-state index in [1.54, 1.807) is 18.2 Å². The summed E-state index contributed by atoms with van der Waals surface area (Å²) in [6, 6.07) is 11.6. The van der Waals surface area contributed by atoms with Crippen molar-refractivity contribution in [3.05, 3.63) is 58.1 Å². The smallest absolute Gasteiger partial charge is 0.270 e. The van der Waals surface area contributed by atoms with Gasteiger partial charge in [0.1, 0.15) is 18.1 Å². The summed E-state index contributed by atoms with van der Waals surface area (Å²) >= 11 is 0. The van der Waals surface area contributed by atoms with Crippen LogP contribution in [-0.4, -0.2) is 56.9 Å². The Morgan fingerprint density at radius 2 is 1.80 bits per heavy atom. The molecule has 0 radical (unpaired) electrons. The van der Waals surface area contributed by atoms with Gasteiger partial charge in [0.2, 0.25) is 0 Å². The molecule has 0 atom stereocenters. The maximum absolute atomic E-state index is 12.7. The van der Waals surface area contributed by atoms with Gasteiger partial charge in [-0.1, -0.05) is 0 Å². The number of nitrogens with zero attached hydrogens (tertiary/aromatic N) is 2. The van der Waals surface area contributed by atoms with E-state index in [1.165, 1.54) is 12.1 Å². The molecule has 0 aliphatic carbocycles. The lowest BCUT2D eigenvalue weighted by molar-refractivity contribution is -0.384. The molecule has 1 N–H and O–H groups in total. The number of amides is 1. The summed E-state index contributed by atoms with van der Waals surface area (Å²) in [6.45, 7) is 5.38. The second-order valence-corrected chi connectivity index (χ2v) is 6.57. The van der Waals surface area contributed by atoms with Crippen LogP contribution < -0.4 is 19.7 Å². The summed E-state index contributed by atoms with van der Waals surface area (Å²) in [5, 5.41) is 13.9. The number of rotatable bonds is 9. The van der Waals surface area contributed by atoms with E-state index in [2.05, 4.69) is 5.32 Å². The minimum Gasteiger partial charge on any atom is -0.494 e. The average Bonchev–Trinajstić information content (AvgIpc) is 2.78. The van der Waals surface area contributed by atoms with E-state index in [-0.39, 0.29) is 30.3 Å². The predicted molar refractivity (Wildman–Crippen MR) is 112 cm³/mol. The fourth-order valence-corrected chi connectivity index (χ4v) is 3.13. The number of nitro groups is 1. The van der Waals surface area contributed by atoms with Crippen LogP contribution in [0.3, 0.4) is 0 Å². The van der Waals surface area contributed by atoms with Gasteiger partial charge in [0, 0.05) is 25.2 Å². The lowest BCUT2D eigenvalue weighted by Crippen LogP contribution is -2.38. The van der Waals surface area contributed by atoms with Crippen molar-refractivity contribution in [2.75, 3.05) is 51.0 Å². The molecule has 0 aromatic heterocycles. The fourth-order valence-electron chi connectivity index (χ4n) is 3.13. The van der Waals surface area contributed by atoms with Gasteiger partial charge >= 0.3 is 0 Å². The first-order chi connectivity index (χ1) is 14.6. The molecule has 9 nitrogen and oxygen atoms in total. The number of nitrogens with one attached hydrogen (secondary N) is 1. The molecule has 0 bridgehead atoms. The normalized spacial score (nSPS) is 13.6. The molecule has 30 heavy (non-hydrogen) atoms. The number of ether oxygens (including phenoxy) is 3. The summed E-state index contributed by atoms with van der Waals surface area (Å²) in [5.74, 6) is 1.05. The van der Waals surface area contributed by atoms with Crippen molar-refractivity contribution in [3.63, 3.8) is 0 Å². The molecule has 1 amide bonds. The number of hydrogen-bond acceptors (Lipinski definition) is 7. The first-order valence-electron chi connectivity index (χ1n) is 9.83. The Morgan fingerprint density at radius 1 is 1.13 bits per heavy atom. The van der Waals surface area contributed by atoms with E-state index < -0.39 is 4.92 Å². The van der Waals surface area contributed by atoms with Gasteiger partial charge in [0.05, 0.1) is 42.5 Å². The van der Waals surface area contributed by atoms with Gasteiger partial charge in [-0.2, -0.15) is 0 Å². The van der Waals surface area contributed by atoms with E-state index >= 15 is 0 Å². The van der Waals surface area contributed by atoms with E-state index in [0.717, 1.165) is 5.75 Å². The van der Waals surface area contributed by atoms with Crippen molar-refractivity contribution in [3.8, 4) is 11.5 Å². The highest BCUT2D eigenvalue weighted by molar-refractivity contribution is 6.00. The summed E-state index contributed by atoms with van der Waals surface area (Å²) in [5.41, 5.74) is 0.809. The maximum Gasteiger partial charge on any atom is 0.270 e. The molecule has 1 heterocycles. The number of benzene rings is 2. The second kappa shape index (κ2) is 10.4. The van der Waals surface area contributed by atoms with Gasteiger partial charge in [-0.15, -0.1) is 0 Å². The van der Waals surface area contributed by atoms with Crippen molar-refractivity contribution < 1.29 is 23.9 Å². The van der Waals surface area contributed by atoms with Crippen LogP contribution in [0.1, 0.15) is 17.3 Å². The van der Waals surface area contributed by atoms with E-state index in [0.29, 0.717) is 44.3 Å². The molecule has 160 valence electrons. The van der Waals surface area contributed by atoms with Crippen molar-refractivity contribution in [1.29, 1.82) is 0 Å². The van der Waals surface area contributed by atoms with Gasteiger partial charge in [0.25, 0.3) is 11.6 Å². The summed E-state index contributed by atoms with van der Waals surface area (Å²) in [6.07, 6.45) is 0. The van der Waals surface area contributed by atoms with Crippen molar-refractivity contribution in [1.82, 2.24) is 5.32 Å². The molecule has 0 unspecified atom stereocenters. The van der Waals surface area contributed by atoms with Gasteiger partial charge in [0.15, 0.2) is 0 Å². The van der Waals surface area contributed by atoms with Crippen molar-refractivity contribution in [2.24, 2.45) is 0 Å². The summed E-state index contributed by atoms with van der Waals surface area (Å²) < 4.78 is 16.4. The Bertz CT molecular complexity index is 866. The average molecular weight is 415 g/mol. The van der Waals surface area contributed by atoms with Gasteiger partial charge in [-0.25, -0.2) is 0 Å². The van der Waals surface area contributed by atoms with Crippen molar-refractivity contribution >= 4 is 17.3 Å². The number of hydrogen-bond donors (Lipinski definition) is 1. The highest BCUT2D eigenvalue weighted by Crippen LogP contribution is 2.26. The number of non-ortho nitro benzene ring substituents is 1. The molecule has 1 fully saturated rings. The van der Waals surface area contributed by atoms with Crippen LogP contribution in [0.4, 0.5) is 11.4 Å². The molecule has 1 aliphatic heterocycles. The van der Waals surface area contributed by atoms with Crippen LogP contribution in [0, 0.1) is 10.1 Å². The first-order valence-corrected chi connectivity index (χ1v) is 9.83. The quantitative estimate of drug-likeness (QED) is 0.381. The van der Waals surface area contributed by atoms with Crippen LogP contribution in [0.15, 0.2) is 42.5 Å². The summed E-state index contributed by atoms with van der Waals surface area (Å²) in [7, 11) is 0. The van der Waals surface area contributed by atoms with Crippen LogP contribution in [0.5, 0.6) is 11.5 Å². The molecule has 9 heteroatoms. The van der Waals surface area contributed by atoms with Gasteiger partial charge in [-0.05, 0) is 37.3 Å². The third-order valence-electron chi connectivity index (χ3n) is 4.58. The SMILES string of the molecule is CCOc1ccc(OCCNC(=O)c2cc([N+](=O)[O-])ccc2N2CCOCC2)cc1. The predicted octanol–water partition coefficient (Wildman–Crippen LogP) is 2.64. The largest absolute Gasteiger partial charge is 0.494 e. The number of carbonyl (C=O) groups is 1. The molecule has 0 spiro atoms. The Morgan fingerprint density at radius 3 is 2.43 bits per heavy atom. The van der Waals surface area contributed by atoms with Crippen LogP contribution in [0.25, 0.3) is 0 Å². The number of morpholine rings is 1. The molecule has 3 rings (SSSR count). The highest BCUT2D eigenvalue weighted by atomic mass is 16.6. The Kier molecular flexibility index (Phi) is 7.45. The third kappa shape index (κ3) is 5.60. The number of anilines is 1. The monoisotopic (exact) mass is 415 g/mol. The Balaban J connectivity index is 1.60. The zero-order valence-electron chi connectivity index (χ0n) is 16.8. The zero-order chi connectivity index (χ0) is 21.3. The van der Waals surface area contributed by atoms with Crippen molar-refractivity contribution in [2.45, 2.75) is 6.92 Å². The Labute approximate surface area is 174 Å². The van der Waals surface area contributed by atoms with Gasteiger partial charge < -0.3 is 24.4 Å². The van der Waals surface area contributed by atoms with E-state index in [9.17, 15) is 14.9 Å². The van der Waals surface area contributed by atoms with Crippen LogP contribution in [-0.2, 0) is 4.74 Å². The lowest BCUT2D eigenvalue weighted by atomic mass is 10.1. The first kappa shape index (κ1) is 21.4. The molecule has 1 aliphatic rings. The highest BCUT2D eigenvalue weighted by Gasteiger charge is 2.21. The molecule has 2 aromatic rings. The van der Waals surface area contributed by atoms with Gasteiger partial charge in [-0.3, -0.25) is 14.9 Å². The van der Waals surface area contributed by atoms with E-state index in [1.807, 2.05) is 24.0 Å². The summed E-state index contributed by atoms with van der Waals surface area (Å²) in [4.78, 5) is 25.4. The second-order valence-electron chi connectivity index (χ2n) is 6.57. The van der Waals surface area contributed by atoms with Crippen LogP contribution in [0.2, 0.25) is 0 Å². The third-order valence-corrected chi connectivity index (χ3v) is 4.58. The van der Waals surface area contributed by atoms with E-state index in [4.69, 9.17) is 14.2 Å². The molecule has 2 aromatic carbocycles. The molecule has 0 saturated carbocycles. The van der Waals surface area contributed by atoms with Crippen LogP contribution >= 0.6 is 0 Å². The minimum atomic E-state index is -0.505. The minimum absolute atomic E-state index is 0.122. The molecular formula is C21H25N3O6. The fraction of sp³-hybridized carbons (Fsp3) is 0.381. The molecule has 1 saturated heterocycles. The molecular weight excluding hydrogens is 390 g/mol. The number of nitro benzene ring substituents is 1. The zero-order valence-corrected chi connectivity index (χ0v) is 16.8. The maximum atomic E-state index is 12.7. The Hall–Kier alpha value is -3.33.